The van der Waals surface area contributed by atoms with Gasteiger partial charge in [-0.05, 0) is 43.2 Å². The van der Waals surface area contributed by atoms with Gasteiger partial charge in [0.1, 0.15) is 37.4 Å². The molecule has 0 aliphatic heterocycles. The average Bonchev–Trinajstić information content (AvgIpc) is 3.14. The quantitative estimate of drug-likeness (QED) is 0.428. The molecule has 0 radical (unpaired) electrons. The molecule has 27 heavy (non-hydrogen) atoms. The predicted molar refractivity (Wildman–Crippen MR) is 106 cm³/mol. The Labute approximate surface area is 167 Å². The van der Waals surface area contributed by atoms with Gasteiger partial charge in [0.15, 0.2) is 0 Å². The van der Waals surface area contributed by atoms with Gasteiger partial charge < -0.3 is 9.47 Å². The fourth-order valence-electron chi connectivity index (χ4n) is 2.37. The van der Waals surface area contributed by atoms with Crippen molar-refractivity contribution in [2.24, 2.45) is 5.10 Å². The lowest BCUT2D eigenvalue weighted by Gasteiger charge is -2.13. The van der Waals surface area contributed by atoms with E-state index in [0.717, 1.165) is 16.9 Å². The highest BCUT2D eigenvalue weighted by Crippen LogP contribution is 2.31. The molecule has 0 saturated heterocycles. The molecule has 1 heterocycles. The normalized spacial score (nSPS) is 11.1. The number of hydrogen-bond acceptors (Lipinski definition) is 5. The summed E-state index contributed by atoms with van der Waals surface area (Å²) < 4.78 is 13.1. The molecular formula is C19H18Cl2N4O2. The highest BCUT2D eigenvalue weighted by molar-refractivity contribution is 6.36. The molecule has 3 rings (SSSR count). The zero-order valence-electron chi connectivity index (χ0n) is 14.9. The molecule has 2 aromatic carbocycles. The Kier molecular flexibility index (Phi) is 6.32. The third kappa shape index (κ3) is 5.21. The summed E-state index contributed by atoms with van der Waals surface area (Å²) in [5, 5.41) is 12.5. The van der Waals surface area contributed by atoms with E-state index in [2.05, 4.69) is 15.3 Å². The van der Waals surface area contributed by atoms with E-state index in [9.17, 15) is 0 Å². The van der Waals surface area contributed by atoms with E-state index in [4.69, 9.17) is 32.7 Å². The van der Waals surface area contributed by atoms with Crippen LogP contribution in [0.4, 0.5) is 0 Å². The first-order chi connectivity index (χ1) is 13.0. The lowest BCUT2D eigenvalue weighted by molar-refractivity contribution is 0.216. The summed E-state index contributed by atoms with van der Waals surface area (Å²) in [6, 6.07) is 9.43. The third-order valence-electron chi connectivity index (χ3n) is 3.70. The molecular weight excluding hydrogens is 387 g/mol. The van der Waals surface area contributed by atoms with Crippen LogP contribution < -0.4 is 9.47 Å². The highest BCUT2D eigenvalue weighted by Gasteiger charge is 2.10. The summed E-state index contributed by atoms with van der Waals surface area (Å²) in [4.78, 5) is 0. The second-order valence-corrected chi connectivity index (χ2v) is 6.70. The van der Waals surface area contributed by atoms with E-state index in [-0.39, 0.29) is 0 Å². The minimum atomic E-state index is 0.322. The second kappa shape index (κ2) is 8.88. The summed E-state index contributed by atoms with van der Waals surface area (Å²) in [5.41, 5.74) is 2.87. The van der Waals surface area contributed by atoms with E-state index in [1.807, 2.05) is 32.0 Å². The van der Waals surface area contributed by atoms with Crippen molar-refractivity contribution in [3.63, 3.8) is 0 Å². The van der Waals surface area contributed by atoms with Gasteiger partial charge in [-0.1, -0.05) is 35.3 Å². The maximum absolute atomic E-state index is 6.29. The zero-order chi connectivity index (χ0) is 19.2. The third-order valence-corrected chi connectivity index (χ3v) is 4.20. The average molecular weight is 405 g/mol. The van der Waals surface area contributed by atoms with Crippen molar-refractivity contribution >= 4 is 29.4 Å². The molecule has 0 spiro atoms. The highest BCUT2D eigenvalue weighted by atomic mass is 35.5. The van der Waals surface area contributed by atoms with E-state index >= 15 is 0 Å². The van der Waals surface area contributed by atoms with Crippen LogP contribution >= 0.6 is 23.2 Å². The number of hydrogen-bond donors (Lipinski definition) is 0. The predicted octanol–water partition coefficient (Wildman–Crippen LogP) is 4.54. The topological polar surface area (TPSA) is 61.5 Å². The van der Waals surface area contributed by atoms with Crippen molar-refractivity contribution in [2.75, 3.05) is 13.2 Å². The molecule has 0 fully saturated rings. The summed E-state index contributed by atoms with van der Waals surface area (Å²) in [7, 11) is 0. The van der Waals surface area contributed by atoms with Crippen molar-refractivity contribution in [1.29, 1.82) is 0 Å². The van der Waals surface area contributed by atoms with Crippen molar-refractivity contribution < 1.29 is 9.47 Å². The van der Waals surface area contributed by atoms with Crippen LogP contribution in [0.2, 0.25) is 10.0 Å². The standard InChI is InChI=1S/C19H18Cl2N4O2/c1-13-3-4-14(2)18(7-13)26-5-6-27-19-15(8-16(20)9-17(19)21)10-24-25-11-22-23-12-25/h3-4,7-12H,5-6H2,1-2H3/b24-10-. The maximum atomic E-state index is 6.29. The minimum absolute atomic E-state index is 0.322. The fourth-order valence-corrected chi connectivity index (χ4v) is 2.93. The number of nitrogens with zero attached hydrogens (tertiary/aromatic N) is 4. The summed E-state index contributed by atoms with van der Waals surface area (Å²) >= 11 is 12.4. The SMILES string of the molecule is Cc1ccc(C)c(OCCOc2c(Cl)cc(Cl)cc2/C=N\n2cnnc2)c1. The first-order valence-corrected chi connectivity index (χ1v) is 8.99. The van der Waals surface area contributed by atoms with E-state index in [0.29, 0.717) is 34.6 Å². The molecule has 0 bridgehead atoms. The van der Waals surface area contributed by atoms with Crippen molar-refractivity contribution in [3.8, 4) is 11.5 Å². The van der Waals surface area contributed by atoms with Crippen LogP contribution in [0.3, 0.4) is 0 Å². The van der Waals surface area contributed by atoms with Crippen LogP contribution in [0.1, 0.15) is 16.7 Å². The monoisotopic (exact) mass is 404 g/mol. The smallest absolute Gasteiger partial charge is 0.147 e. The number of halogens is 2. The summed E-state index contributed by atoms with van der Waals surface area (Å²) in [5.74, 6) is 1.33. The van der Waals surface area contributed by atoms with Gasteiger partial charge in [-0.2, -0.15) is 5.10 Å². The van der Waals surface area contributed by atoms with Crippen LogP contribution in [-0.4, -0.2) is 34.3 Å². The van der Waals surface area contributed by atoms with Crippen LogP contribution in [0.15, 0.2) is 48.1 Å². The molecule has 140 valence electrons. The molecule has 0 amide bonds. The molecule has 0 atom stereocenters. The first kappa shape index (κ1) is 19.2. The van der Waals surface area contributed by atoms with E-state index in [1.165, 1.54) is 17.3 Å². The second-order valence-electron chi connectivity index (χ2n) is 5.86. The number of aryl methyl sites for hydroxylation is 2. The van der Waals surface area contributed by atoms with Crippen LogP contribution in [0, 0.1) is 13.8 Å². The minimum Gasteiger partial charge on any atom is -0.490 e. The van der Waals surface area contributed by atoms with Crippen LogP contribution in [-0.2, 0) is 0 Å². The van der Waals surface area contributed by atoms with Gasteiger partial charge in [0.05, 0.1) is 11.2 Å². The summed E-state index contributed by atoms with van der Waals surface area (Å²) in [6.07, 6.45) is 4.53. The Balaban J connectivity index is 1.68. The molecule has 0 saturated carbocycles. The largest absolute Gasteiger partial charge is 0.490 e. The van der Waals surface area contributed by atoms with Crippen LogP contribution in [0.5, 0.6) is 11.5 Å². The Bertz CT molecular complexity index is 943. The van der Waals surface area contributed by atoms with Gasteiger partial charge in [-0.3, -0.25) is 0 Å². The van der Waals surface area contributed by atoms with Crippen molar-refractivity contribution in [3.05, 3.63) is 69.7 Å². The van der Waals surface area contributed by atoms with Gasteiger partial charge in [0, 0.05) is 10.6 Å². The number of benzene rings is 2. The molecule has 0 unspecified atom stereocenters. The van der Waals surface area contributed by atoms with E-state index < -0.39 is 0 Å². The molecule has 8 heteroatoms. The Morgan fingerprint density at radius 2 is 1.78 bits per heavy atom. The van der Waals surface area contributed by atoms with Crippen molar-refractivity contribution in [1.82, 2.24) is 14.9 Å². The van der Waals surface area contributed by atoms with Gasteiger partial charge >= 0.3 is 0 Å². The molecule has 0 aliphatic carbocycles. The summed E-state index contributed by atoms with van der Waals surface area (Å²) in [6.45, 7) is 4.73. The molecule has 6 nitrogen and oxygen atoms in total. The fraction of sp³-hybridized carbons (Fsp3) is 0.211. The molecule has 1 aromatic heterocycles. The number of aromatic nitrogens is 3. The van der Waals surface area contributed by atoms with Gasteiger partial charge in [0.2, 0.25) is 0 Å². The van der Waals surface area contributed by atoms with Crippen LogP contribution in [0.25, 0.3) is 0 Å². The lowest BCUT2D eigenvalue weighted by Crippen LogP contribution is -2.11. The van der Waals surface area contributed by atoms with E-state index in [1.54, 1.807) is 18.3 Å². The van der Waals surface area contributed by atoms with Gasteiger partial charge in [-0.25, -0.2) is 4.68 Å². The maximum Gasteiger partial charge on any atom is 0.147 e. The lowest BCUT2D eigenvalue weighted by atomic mass is 10.1. The van der Waals surface area contributed by atoms with Gasteiger partial charge in [0.25, 0.3) is 0 Å². The Morgan fingerprint density at radius 1 is 1.04 bits per heavy atom. The Hall–Kier alpha value is -2.57. The van der Waals surface area contributed by atoms with Crippen molar-refractivity contribution in [2.45, 2.75) is 13.8 Å². The number of rotatable bonds is 7. The van der Waals surface area contributed by atoms with Gasteiger partial charge in [-0.15, -0.1) is 10.2 Å². The Morgan fingerprint density at radius 3 is 2.56 bits per heavy atom. The molecule has 0 aliphatic rings. The first-order valence-electron chi connectivity index (χ1n) is 8.24. The zero-order valence-corrected chi connectivity index (χ0v) is 16.4. The molecule has 0 N–H and O–H groups in total. The number of ether oxygens (including phenoxy) is 2. The molecule has 3 aromatic rings.